The van der Waals surface area contributed by atoms with E-state index in [-0.39, 0.29) is 5.91 Å². The molecule has 1 aliphatic heterocycles. The standard InChI is InChI=1S/C22H36N2O3/c1-3-26-20-12-10-19(18-21(20)27-4-2)11-13-22(25)23-14-9-17-24-15-7-5-6-8-16-24/h10,12,18H,3-9,11,13-17H2,1-2H3,(H,23,25). The molecule has 0 unspecified atom stereocenters. The van der Waals surface area contributed by atoms with E-state index in [1.54, 1.807) is 0 Å². The Morgan fingerprint density at radius 2 is 1.74 bits per heavy atom. The summed E-state index contributed by atoms with van der Waals surface area (Å²) in [7, 11) is 0. The lowest BCUT2D eigenvalue weighted by Crippen LogP contribution is -2.30. The number of amides is 1. The third-order valence-electron chi connectivity index (χ3n) is 4.92. The third-order valence-corrected chi connectivity index (χ3v) is 4.92. The number of nitrogens with zero attached hydrogens (tertiary/aromatic N) is 1. The largest absolute Gasteiger partial charge is 0.490 e. The number of nitrogens with one attached hydrogen (secondary N) is 1. The van der Waals surface area contributed by atoms with Gasteiger partial charge in [0.1, 0.15) is 0 Å². The summed E-state index contributed by atoms with van der Waals surface area (Å²) in [6.45, 7) is 9.42. The lowest BCUT2D eigenvalue weighted by atomic mass is 10.1. The first kappa shape index (κ1) is 21.5. The molecule has 1 amide bonds. The van der Waals surface area contributed by atoms with E-state index >= 15 is 0 Å². The molecule has 2 rings (SSSR count). The highest BCUT2D eigenvalue weighted by Gasteiger charge is 2.10. The Kier molecular flexibility index (Phi) is 10.1. The molecule has 0 atom stereocenters. The van der Waals surface area contributed by atoms with Gasteiger partial charge in [0.05, 0.1) is 13.2 Å². The average molecular weight is 377 g/mol. The highest BCUT2D eigenvalue weighted by atomic mass is 16.5. The van der Waals surface area contributed by atoms with Crippen LogP contribution in [0.3, 0.4) is 0 Å². The zero-order valence-corrected chi connectivity index (χ0v) is 17.1. The maximum absolute atomic E-state index is 12.1. The van der Waals surface area contributed by atoms with E-state index in [0.717, 1.165) is 36.6 Å². The number of aryl methyl sites for hydroxylation is 1. The van der Waals surface area contributed by atoms with Gasteiger partial charge in [-0.2, -0.15) is 0 Å². The van der Waals surface area contributed by atoms with Crippen LogP contribution in [0.4, 0.5) is 0 Å². The first-order chi connectivity index (χ1) is 13.2. The van der Waals surface area contributed by atoms with E-state index < -0.39 is 0 Å². The molecule has 1 aromatic rings. The molecule has 1 N–H and O–H groups in total. The number of carbonyl (C=O) groups excluding carboxylic acids is 1. The third kappa shape index (κ3) is 8.21. The minimum atomic E-state index is 0.123. The van der Waals surface area contributed by atoms with E-state index in [2.05, 4.69) is 10.2 Å². The van der Waals surface area contributed by atoms with Crippen LogP contribution in [0.2, 0.25) is 0 Å². The van der Waals surface area contributed by atoms with Crippen LogP contribution in [0.25, 0.3) is 0 Å². The van der Waals surface area contributed by atoms with Crippen molar-refractivity contribution >= 4 is 5.91 Å². The van der Waals surface area contributed by atoms with Gasteiger partial charge in [-0.3, -0.25) is 4.79 Å². The number of ether oxygens (including phenoxy) is 2. The summed E-state index contributed by atoms with van der Waals surface area (Å²) in [5.41, 5.74) is 1.10. The fourth-order valence-electron chi connectivity index (χ4n) is 3.49. The summed E-state index contributed by atoms with van der Waals surface area (Å²) >= 11 is 0. The SMILES string of the molecule is CCOc1ccc(CCC(=O)NCCCN2CCCCCC2)cc1OCC. The molecule has 1 aliphatic rings. The minimum absolute atomic E-state index is 0.123. The molecule has 1 aromatic carbocycles. The predicted octanol–water partition coefficient (Wildman–Crippen LogP) is 3.80. The summed E-state index contributed by atoms with van der Waals surface area (Å²) < 4.78 is 11.2. The van der Waals surface area contributed by atoms with E-state index in [4.69, 9.17) is 9.47 Å². The number of hydrogen-bond acceptors (Lipinski definition) is 4. The van der Waals surface area contributed by atoms with Crippen molar-refractivity contribution < 1.29 is 14.3 Å². The molecule has 0 bridgehead atoms. The van der Waals surface area contributed by atoms with Gasteiger partial charge in [-0.05, 0) is 76.9 Å². The molecular formula is C22H36N2O3. The van der Waals surface area contributed by atoms with Gasteiger partial charge >= 0.3 is 0 Å². The van der Waals surface area contributed by atoms with Gasteiger partial charge in [-0.25, -0.2) is 0 Å². The van der Waals surface area contributed by atoms with E-state index in [9.17, 15) is 4.79 Å². The summed E-state index contributed by atoms with van der Waals surface area (Å²) in [4.78, 5) is 14.7. The second kappa shape index (κ2) is 12.6. The number of benzene rings is 1. The van der Waals surface area contributed by atoms with E-state index in [0.29, 0.717) is 26.1 Å². The Labute approximate surface area is 164 Å². The van der Waals surface area contributed by atoms with Gasteiger partial charge in [0.15, 0.2) is 11.5 Å². The van der Waals surface area contributed by atoms with Crippen molar-refractivity contribution in [2.75, 3.05) is 39.4 Å². The first-order valence-electron chi connectivity index (χ1n) is 10.6. The van der Waals surface area contributed by atoms with Crippen LogP contribution in [0.1, 0.15) is 57.9 Å². The summed E-state index contributed by atoms with van der Waals surface area (Å²) in [6, 6.07) is 5.93. The minimum Gasteiger partial charge on any atom is -0.490 e. The van der Waals surface area contributed by atoms with Crippen LogP contribution in [0, 0.1) is 0 Å². The first-order valence-corrected chi connectivity index (χ1v) is 10.6. The molecule has 5 heteroatoms. The highest BCUT2D eigenvalue weighted by molar-refractivity contribution is 5.76. The molecule has 0 saturated carbocycles. The van der Waals surface area contributed by atoms with Crippen molar-refractivity contribution in [1.29, 1.82) is 0 Å². The van der Waals surface area contributed by atoms with Crippen LogP contribution in [0.15, 0.2) is 18.2 Å². The second-order valence-corrected chi connectivity index (χ2v) is 7.11. The van der Waals surface area contributed by atoms with E-state index in [1.807, 2.05) is 32.0 Å². The molecule has 1 heterocycles. The number of rotatable bonds is 11. The van der Waals surface area contributed by atoms with Crippen molar-refractivity contribution in [3.05, 3.63) is 23.8 Å². The molecule has 0 radical (unpaired) electrons. The molecule has 27 heavy (non-hydrogen) atoms. The van der Waals surface area contributed by atoms with Gasteiger partial charge in [-0.1, -0.05) is 18.9 Å². The predicted molar refractivity (Wildman–Crippen MR) is 110 cm³/mol. The Morgan fingerprint density at radius 1 is 1.04 bits per heavy atom. The Balaban J connectivity index is 1.67. The van der Waals surface area contributed by atoms with Gasteiger partial charge in [0, 0.05) is 13.0 Å². The monoisotopic (exact) mass is 376 g/mol. The zero-order chi connectivity index (χ0) is 19.3. The Morgan fingerprint density at radius 3 is 2.44 bits per heavy atom. The molecule has 0 spiro atoms. The Bertz CT molecular complexity index is 554. The summed E-state index contributed by atoms with van der Waals surface area (Å²) in [5.74, 6) is 1.65. The van der Waals surface area contributed by atoms with Crippen molar-refractivity contribution in [1.82, 2.24) is 10.2 Å². The second-order valence-electron chi connectivity index (χ2n) is 7.11. The average Bonchev–Trinajstić information content (AvgIpc) is 2.94. The molecule has 0 aliphatic carbocycles. The lowest BCUT2D eigenvalue weighted by Gasteiger charge is -2.19. The quantitative estimate of drug-likeness (QED) is 0.597. The van der Waals surface area contributed by atoms with Gasteiger partial charge in [0.25, 0.3) is 0 Å². The summed E-state index contributed by atoms with van der Waals surface area (Å²) in [5, 5.41) is 3.06. The van der Waals surface area contributed by atoms with Crippen LogP contribution in [-0.4, -0.2) is 50.2 Å². The van der Waals surface area contributed by atoms with Crippen LogP contribution < -0.4 is 14.8 Å². The topological polar surface area (TPSA) is 50.8 Å². The van der Waals surface area contributed by atoms with Crippen LogP contribution in [0.5, 0.6) is 11.5 Å². The molecule has 1 fully saturated rings. The maximum atomic E-state index is 12.1. The summed E-state index contributed by atoms with van der Waals surface area (Å²) in [6.07, 6.45) is 7.61. The van der Waals surface area contributed by atoms with Crippen molar-refractivity contribution in [2.45, 2.75) is 58.8 Å². The van der Waals surface area contributed by atoms with Crippen molar-refractivity contribution in [2.24, 2.45) is 0 Å². The molecule has 1 saturated heterocycles. The fourth-order valence-corrected chi connectivity index (χ4v) is 3.49. The fraction of sp³-hybridized carbons (Fsp3) is 0.682. The molecule has 0 aromatic heterocycles. The van der Waals surface area contributed by atoms with Crippen molar-refractivity contribution in [3.8, 4) is 11.5 Å². The molecular weight excluding hydrogens is 340 g/mol. The highest BCUT2D eigenvalue weighted by Crippen LogP contribution is 2.29. The molecule has 152 valence electrons. The molecule has 5 nitrogen and oxygen atoms in total. The lowest BCUT2D eigenvalue weighted by molar-refractivity contribution is -0.121. The normalized spacial score (nSPS) is 15.2. The maximum Gasteiger partial charge on any atom is 0.220 e. The van der Waals surface area contributed by atoms with Gasteiger partial charge in [-0.15, -0.1) is 0 Å². The van der Waals surface area contributed by atoms with Crippen LogP contribution >= 0.6 is 0 Å². The van der Waals surface area contributed by atoms with Gasteiger partial charge < -0.3 is 19.7 Å². The van der Waals surface area contributed by atoms with Gasteiger partial charge in [0.2, 0.25) is 5.91 Å². The van der Waals surface area contributed by atoms with Crippen LogP contribution in [-0.2, 0) is 11.2 Å². The van der Waals surface area contributed by atoms with Crippen molar-refractivity contribution in [3.63, 3.8) is 0 Å². The Hall–Kier alpha value is -1.75. The van der Waals surface area contributed by atoms with E-state index in [1.165, 1.54) is 38.8 Å². The number of carbonyl (C=O) groups is 1. The number of likely N-dealkylation sites (tertiary alicyclic amines) is 1. The number of hydrogen-bond donors (Lipinski definition) is 1. The smallest absolute Gasteiger partial charge is 0.220 e. The zero-order valence-electron chi connectivity index (χ0n) is 17.1.